The highest BCUT2D eigenvalue weighted by molar-refractivity contribution is 5.87. The van der Waals surface area contributed by atoms with Crippen LogP contribution in [0.15, 0.2) is 18.7 Å². The van der Waals surface area contributed by atoms with Crippen LogP contribution >= 0.6 is 0 Å². The molecule has 1 aliphatic rings. The number of aromatic nitrogens is 2. The van der Waals surface area contributed by atoms with E-state index in [-0.39, 0.29) is 17.4 Å². The Morgan fingerprint density at radius 3 is 2.57 bits per heavy atom. The zero-order valence-electron chi connectivity index (χ0n) is 13.3. The second kappa shape index (κ2) is 5.84. The highest BCUT2D eigenvalue weighted by Gasteiger charge is 2.37. The van der Waals surface area contributed by atoms with Crippen LogP contribution in [0.4, 0.5) is 5.95 Å². The van der Waals surface area contributed by atoms with Crippen LogP contribution in [0.5, 0.6) is 0 Å². The molecule has 1 N–H and O–H groups in total. The van der Waals surface area contributed by atoms with Gasteiger partial charge >= 0.3 is 0 Å². The van der Waals surface area contributed by atoms with Gasteiger partial charge in [0.15, 0.2) is 0 Å². The SMILES string of the molecule is C=CC(=O)N1CCC(Nc2nc(C)cc(C)n2)C(C)(C)C1. The van der Waals surface area contributed by atoms with Crippen LogP contribution in [0.25, 0.3) is 0 Å². The zero-order chi connectivity index (χ0) is 15.6. The predicted molar refractivity (Wildman–Crippen MR) is 84.1 cm³/mol. The van der Waals surface area contributed by atoms with Gasteiger partial charge in [-0.15, -0.1) is 0 Å². The molecule has 1 atom stereocenters. The molecule has 114 valence electrons. The molecule has 1 aromatic rings. The van der Waals surface area contributed by atoms with E-state index in [4.69, 9.17) is 0 Å². The third kappa shape index (κ3) is 3.60. The summed E-state index contributed by atoms with van der Waals surface area (Å²) in [6, 6.07) is 2.20. The lowest BCUT2D eigenvalue weighted by atomic mass is 9.79. The van der Waals surface area contributed by atoms with Gasteiger partial charge in [-0.1, -0.05) is 20.4 Å². The highest BCUT2D eigenvalue weighted by atomic mass is 16.2. The molecule has 1 unspecified atom stereocenters. The Hall–Kier alpha value is -1.91. The van der Waals surface area contributed by atoms with Gasteiger partial charge < -0.3 is 10.2 Å². The number of piperidine rings is 1. The van der Waals surface area contributed by atoms with Crippen LogP contribution in [0.1, 0.15) is 31.7 Å². The van der Waals surface area contributed by atoms with Crippen molar-refractivity contribution in [3.63, 3.8) is 0 Å². The maximum atomic E-state index is 11.8. The fourth-order valence-corrected chi connectivity index (χ4v) is 2.89. The molecule has 0 aromatic carbocycles. The van der Waals surface area contributed by atoms with Gasteiger partial charge in [-0.05, 0) is 32.4 Å². The minimum absolute atomic E-state index is 0.00387. The number of hydrogen-bond acceptors (Lipinski definition) is 4. The molecule has 2 heterocycles. The van der Waals surface area contributed by atoms with E-state index in [0.717, 1.165) is 24.4 Å². The molecule has 0 bridgehead atoms. The first-order valence-electron chi connectivity index (χ1n) is 7.32. The molecular weight excluding hydrogens is 264 g/mol. The molecule has 1 saturated heterocycles. The number of nitrogens with one attached hydrogen (secondary N) is 1. The molecule has 5 nitrogen and oxygen atoms in total. The van der Waals surface area contributed by atoms with Crippen molar-refractivity contribution in [3.05, 3.63) is 30.1 Å². The number of aryl methyl sites for hydroxylation is 2. The standard InChI is InChI=1S/C16H24N4O/c1-6-14(21)20-8-7-13(16(4,5)10-20)19-15-17-11(2)9-12(3)18-15/h6,9,13H,1,7-8,10H2,2-5H3,(H,17,18,19). The molecule has 1 aromatic heterocycles. The van der Waals surface area contributed by atoms with Gasteiger partial charge in [0.1, 0.15) is 0 Å². The summed E-state index contributed by atoms with van der Waals surface area (Å²) in [4.78, 5) is 22.5. The van der Waals surface area contributed by atoms with Gasteiger partial charge in [0.05, 0.1) is 0 Å². The normalized spacial score (nSPS) is 21.0. The van der Waals surface area contributed by atoms with Crippen molar-refractivity contribution >= 4 is 11.9 Å². The number of nitrogens with zero attached hydrogens (tertiary/aromatic N) is 3. The molecule has 1 fully saturated rings. The summed E-state index contributed by atoms with van der Waals surface area (Å²) in [6.45, 7) is 13.3. The third-order valence-corrected chi connectivity index (χ3v) is 4.00. The molecule has 1 aliphatic heterocycles. The first-order valence-corrected chi connectivity index (χ1v) is 7.32. The summed E-state index contributed by atoms with van der Waals surface area (Å²) < 4.78 is 0. The van der Waals surface area contributed by atoms with E-state index in [9.17, 15) is 4.79 Å². The van der Waals surface area contributed by atoms with Crippen molar-refractivity contribution < 1.29 is 4.79 Å². The largest absolute Gasteiger partial charge is 0.351 e. The van der Waals surface area contributed by atoms with E-state index in [1.165, 1.54) is 6.08 Å². The van der Waals surface area contributed by atoms with Gasteiger partial charge in [-0.25, -0.2) is 9.97 Å². The van der Waals surface area contributed by atoms with E-state index in [0.29, 0.717) is 12.5 Å². The van der Waals surface area contributed by atoms with Crippen LogP contribution in [0, 0.1) is 19.3 Å². The minimum atomic E-state index is -0.0437. The molecule has 0 saturated carbocycles. The molecule has 2 rings (SSSR count). The fraction of sp³-hybridized carbons (Fsp3) is 0.562. The van der Waals surface area contributed by atoms with Gasteiger partial charge in [-0.3, -0.25) is 4.79 Å². The summed E-state index contributed by atoms with van der Waals surface area (Å²) in [7, 11) is 0. The zero-order valence-corrected chi connectivity index (χ0v) is 13.3. The number of rotatable bonds is 3. The molecule has 21 heavy (non-hydrogen) atoms. The van der Waals surface area contributed by atoms with Gasteiger partial charge in [-0.2, -0.15) is 0 Å². The third-order valence-electron chi connectivity index (χ3n) is 4.00. The summed E-state index contributed by atoms with van der Waals surface area (Å²) in [5.41, 5.74) is 1.88. The lowest BCUT2D eigenvalue weighted by Gasteiger charge is -2.44. The second-order valence-corrected chi connectivity index (χ2v) is 6.41. The number of hydrogen-bond donors (Lipinski definition) is 1. The van der Waals surface area contributed by atoms with Gasteiger partial charge in [0, 0.05) is 35.9 Å². The van der Waals surface area contributed by atoms with Crippen LogP contribution < -0.4 is 5.32 Å². The summed E-state index contributed by atoms with van der Waals surface area (Å²) in [5.74, 6) is 0.679. The van der Waals surface area contributed by atoms with Gasteiger partial charge in [0.2, 0.25) is 11.9 Å². The van der Waals surface area contributed by atoms with E-state index >= 15 is 0 Å². The molecule has 0 radical (unpaired) electrons. The maximum Gasteiger partial charge on any atom is 0.245 e. The number of amides is 1. The number of carbonyl (C=O) groups is 1. The average molecular weight is 288 g/mol. The number of likely N-dealkylation sites (tertiary alicyclic amines) is 1. The van der Waals surface area contributed by atoms with E-state index in [1.54, 1.807) is 0 Å². The maximum absolute atomic E-state index is 11.8. The van der Waals surface area contributed by atoms with Crippen LogP contribution in [-0.2, 0) is 4.79 Å². The summed E-state index contributed by atoms with van der Waals surface area (Å²) in [5, 5.41) is 3.44. The Balaban J connectivity index is 2.11. The van der Waals surface area contributed by atoms with Crippen molar-refractivity contribution in [1.29, 1.82) is 0 Å². The number of anilines is 1. The van der Waals surface area contributed by atoms with E-state index in [1.807, 2.05) is 24.8 Å². The van der Waals surface area contributed by atoms with Crippen molar-refractivity contribution in [2.45, 2.75) is 40.2 Å². The van der Waals surface area contributed by atoms with Crippen molar-refractivity contribution in [2.24, 2.45) is 5.41 Å². The van der Waals surface area contributed by atoms with Crippen molar-refractivity contribution in [3.8, 4) is 0 Å². The van der Waals surface area contributed by atoms with Crippen molar-refractivity contribution in [2.75, 3.05) is 18.4 Å². The molecule has 0 spiro atoms. The van der Waals surface area contributed by atoms with Crippen LogP contribution in [-0.4, -0.2) is 39.9 Å². The Bertz CT molecular complexity index is 533. The second-order valence-electron chi connectivity index (χ2n) is 6.41. The molecule has 5 heteroatoms. The Labute approximate surface area is 126 Å². The summed E-state index contributed by atoms with van der Waals surface area (Å²) >= 11 is 0. The highest BCUT2D eigenvalue weighted by Crippen LogP contribution is 2.31. The lowest BCUT2D eigenvalue weighted by Crippen LogP contribution is -2.53. The quantitative estimate of drug-likeness (QED) is 0.867. The predicted octanol–water partition coefficient (Wildman–Crippen LogP) is 2.32. The molecule has 1 amide bonds. The Morgan fingerprint density at radius 2 is 2.05 bits per heavy atom. The Morgan fingerprint density at radius 1 is 1.43 bits per heavy atom. The van der Waals surface area contributed by atoms with Crippen molar-refractivity contribution in [1.82, 2.24) is 14.9 Å². The fourth-order valence-electron chi connectivity index (χ4n) is 2.89. The van der Waals surface area contributed by atoms with Crippen LogP contribution in [0.3, 0.4) is 0 Å². The smallest absolute Gasteiger partial charge is 0.245 e. The summed E-state index contributed by atoms with van der Waals surface area (Å²) in [6.07, 6.45) is 2.26. The van der Waals surface area contributed by atoms with E-state index in [2.05, 4.69) is 35.7 Å². The first-order chi connectivity index (χ1) is 9.81. The number of carbonyl (C=O) groups excluding carboxylic acids is 1. The average Bonchev–Trinajstić information content (AvgIpc) is 2.38. The minimum Gasteiger partial charge on any atom is -0.351 e. The Kier molecular flexibility index (Phi) is 4.30. The first kappa shape index (κ1) is 15.5. The topological polar surface area (TPSA) is 58.1 Å². The van der Waals surface area contributed by atoms with Crippen LogP contribution in [0.2, 0.25) is 0 Å². The molecular formula is C16H24N4O. The molecule has 0 aliphatic carbocycles. The lowest BCUT2D eigenvalue weighted by molar-refractivity contribution is -0.129. The van der Waals surface area contributed by atoms with Gasteiger partial charge in [0.25, 0.3) is 0 Å². The monoisotopic (exact) mass is 288 g/mol. The van der Waals surface area contributed by atoms with E-state index < -0.39 is 0 Å².